The fourth-order valence-corrected chi connectivity index (χ4v) is 2.83. The lowest BCUT2D eigenvalue weighted by atomic mass is 10.3. The molecular weight excluding hydrogens is 338 g/mol. The standard InChI is InChI=1S/C15H18F2N4O2S/c1-3-4-7-21-14(23)19-20-15(21)24-9(2)13(22)18-12-8-10(16)5-6-11(12)17/h5-6,8-9H,3-4,7H2,1-2H3,(H,18,22)(H,19,23)/t9-/m0/s1. The van der Waals surface area contributed by atoms with E-state index in [0.29, 0.717) is 11.7 Å². The molecule has 1 atom stereocenters. The lowest BCUT2D eigenvalue weighted by Gasteiger charge is -2.12. The number of carbonyl (C=O) groups excluding carboxylic acids is 1. The van der Waals surface area contributed by atoms with Gasteiger partial charge in [0.1, 0.15) is 11.6 Å². The minimum absolute atomic E-state index is 0.224. The molecule has 1 aromatic heterocycles. The van der Waals surface area contributed by atoms with Crippen molar-refractivity contribution in [2.75, 3.05) is 5.32 Å². The van der Waals surface area contributed by atoms with Crippen LogP contribution in [0.25, 0.3) is 0 Å². The van der Waals surface area contributed by atoms with Gasteiger partial charge in [-0.05, 0) is 25.5 Å². The van der Waals surface area contributed by atoms with Gasteiger partial charge >= 0.3 is 5.69 Å². The average molecular weight is 356 g/mol. The van der Waals surface area contributed by atoms with Crippen LogP contribution < -0.4 is 11.0 Å². The van der Waals surface area contributed by atoms with E-state index in [1.165, 1.54) is 4.57 Å². The van der Waals surface area contributed by atoms with Crippen molar-refractivity contribution in [1.29, 1.82) is 0 Å². The molecule has 0 saturated heterocycles. The monoisotopic (exact) mass is 356 g/mol. The molecule has 1 amide bonds. The first-order chi connectivity index (χ1) is 11.4. The van der Waals surface area contributed by atoms with Crippen molar-refractivity contribution in [3.05, 3.63) is 40.3 Å². The Morgan fingerprint density at radius 2 is 2.21 bits per heavy atom. The molecule has 2 rings (SSSR count). The van der Waals surface area contributed by atoms with Gasteiger partial charge in [-0.3, -0.25) is 9.36 Å². The summed E-state index contributed by atoms with van der Waals surface area (Å²) in [5.41, 5.74) is -0.562. The van der Waals surface area contributed by atoms with Crippen LogP contribution in [-0.2, 0) is 11.3 Å². The number of rotatable bonds is 7. The Kier molecular flexibility index (Phi) is 6.13. The maximum absolute atomic E-state index is 13.6. The summed E-state index contributed by atoms with van der Waals surface area (Å²) in [4.78, 5) is 23.9. The van der Waals surface area contributed by atoms with Crippen LogP contribution in [0.1, 0.15) is 26.7 Å². The molecule has 0 aliphatic carbocycles. The predicted molar refractivity (Wildman–Crippen MR) is 88.1 cm³/mol. The van der Waals surface area contributed by atoms with Gasteiger partial charge in [-0.1, -0.05) is 25.1 Å². The predicted octanol–water partition coefficient (Wildman–Crippen LogP) is 2.77. The molecule has 1 heterocycles. The van der Waals surface area contributed by atoms with E-state index in [2.05, 4.69) is 15.5 Å². The third kappa shape index (κ3) is 4.44. The van der Waals surface area contributed by atoms with Crippen molar-refractivity contribution in [3.63, 3.8) is 0 Å². The number of thioether (sulfide) groups is 1. The average Bonchev–Trinajstić information content (AvgIpc) is 2.88. The molecule has 0 aliphatic rings. The van der Waals surface area contributed by atoms with Crippen molar-refractivity contribution < 1.29 is 13.6 Å². The first-order valence-electron chi connectivity index (χ1n) is 7.50. The van der Waals surface area contributed by atoms with Crippen LogP contribution in [0.3, 0.4) is 0 Å². The van der Waals surface area contributed by atoms with Crippen LogP contribution in [0.5, 0.6) is 0 Å². The number of aromatic amines is 1. The van der Waals surface area contributed by atoms with E-state index in [0.717, 1.165) is 42.8 Å². The molecular formula is C15H18F2N4O2S. The van der Waals surface area contributed by atoms with E-state index >= 15 is 0 Å². The molecule has 0 unspecified atom stereocenters. The van der Waals surface area contributed by atoms with Crippen molar-refractivity contribution in [3.8, 4) is 0 Å². The van der Waals surface area contributed by atoms with Crippen LogP contribution in [-0.4, -0.2) is 25.9 Å². The number of aromatic nitrogens is 3. The van der Waals surface area contributed by atoms with Gasteiger partial charge in [-0.15, -0.1) is 5.10 Å². The van der Waals surface area contributed by atoms with Gasteiger partial charge in [0.2, 0.25) is 5.91 Å². The summed E-state index contributed by atoms with van der Waals surface area (Å²) in [5.74, 6) is -1.88. The summed E-state index contributed by atoms with van der Waals surface area (Å²) in [7, 11) is 0. The van der Waals surface area contributed by atoms with Crippen molar-refractivity contribution in [2.24, 2.45) is 0 Å². The normalized spacial score (nSPS) is 12.2. The zero-order chi connectivity index (χ0) is 17.7. The topological polar surface area (TPSA) is 79.8 Å². The van der Waals surface area contributed by atoms with E-state index in [9.17, 15) is 18.4 Å². The molecule has 0 spiro atoms. The number of H-pyrrole nitrogens is 1. The Bertz CT molecular complexity index is 775. The van der Waals surface area contributed by atoms with Crippen molar-refractivity contribution in [1.82, 2.24) is 14.8 Å². The number of anilines is 1. The Labute approximate surface area is 141 Å². The third-order valence-corrected chi connectivity index (χ3v) is 4.39. The minimum atomic E-state index is -0.721. The Morgan fingerprint density at radius 3 is 2.92 bits per heavy atom. The van der Waals surface area contributed by atoms with Gasteiger partial charge in [0, 0.05) is 12.6 Å². The quantitative estimate of drug-likeness (QED) is 0.748. The molecule has 1 aromatic carbocycles. The Balaban J connectivity index is 2.07. The Morgan fingerprint density at radius 1 is 1.46 bits per heavy atom. The van der Waals surface area contributed by atoms with Crippen LogP contribution in [0, 0.1) is 11.6 Å². The number of hydrogen-bond acceptors (Lipinski definition) is 4. The molecule has 0 bridgehead atoms. The summed E-state index contributed by atoms with van der Waals surface area (Å²) in [6.45, 7) is 4.10. The highest BCUT2D eigenvalue weighted by atomic mass is 32.2. The molecule has 2 aromatic rings. The summed E-state index contributed by atoms with van der Waals surface area (Å²) in [6.07, 6.45) is 1.72. The fourth-order valence-electron chi connectivity index (χ4n) is 1.95. The summed E-state index contributed by atoms with van der Waals surface area (Å²) in [5, 5.41) is 8.33. The molecule has 0 radical (unpaired) electrons. The molecule has 130 valence electrons. The Hall–Kier alpha value is -2.16. The highest BCUT2D eigenvalue weighted by Crippen LogP contribution is 2.22. The van der Waals surface area contributed by atoms with Gasteiger partial charge in [-0.25, -0.2) is 18.7 Å². The molecule has 6 nitrogen and oxygen atoms in total. The SMILES string of the molecule is CCCCn1c(S[C@@H](C)C(=O)Nc2cc(F)ccc2F)n[nH]c1=O. The lowest BCUT2D eigenvalue weighted by Crippen LogP contribution is -2.24. The van der Waals surface area contributed by atoms with E-state index in [1.54, 1.807) is 6.92 Å². The van der Waals surface area contributed by atoms with Crippen LogP contribution >= 0.6 is 11.8 Å². The highest BCUT2D eigenvalue weighted by Gasteiger charge is 2.20. The smallest absolute Gasteiger partial charge is 0.323 e. The first kappa shape index (κ1) is 18.2. The molecule has 0 saturated carbocycles. The van der Waals surface area contributed by atoms with E-state index < -0.39 is 22.8 Å². The number of benzene rings is 1. The highest BCUT2D eigenvalue weighted by molar-refractivity contribution is 8.00. The maximum Gasteiger partial charge on any atom is 0.343 e. The zero-order valence-corrected chi connectivity index (χ0v) is 14.1. The number of nitrogens with zero attached hydrogens (tertiary/aromatic N) is 2. The second kappa shape index (κ2) is 8.09. The summed E-state index contributed by atoms with van der Waals surface area (Å²) in [6, 6.07) is 2.83. The van der Waals surface area contributed by atoms with Gasteiger partial charge in [0.25, 0.3) is 0 Å². The minimum Gasteiger partial charge on any atom is -0.323 e. The van der Waals surface area contributed by atoms with E-state index in [4.69, 9.17) is 0 Å². The molecule has 2 N–H and O–H groups in total. The van der Waals surface area contributed by atoms with Gasteiger partial charge in [-0.2, -0.15) is 0 Å². The van der Waals surface area contributed by atoms with E-state index in [-0.39, 0.29) is 11.4 Å². The van der Waals surface area contributed by atoms with Crippen molar-refractivity contribution in [2.45, 2.75) is 43.6 Å². The number of carbonyl (C=O) groups is 1. The van der Waals surface area contributed by atoms with Crippen molar-refractivity contribution >= 4 is 23.4 Å². The summed E-state index contributed by atoms with van der Waals surface area (Å²) < 4.78 is 28.2. The van der Waals surface area contributed by atoms with Gasteiger partial charge < -0.3 is 5.32 Å². The number of amides is 1. The molecule has 9 heteroatoms. The third-order valence-electron chi connectivity index (χ3n) is 3.30. The van der Waals surface area contributed by atoms with E-state index in [1.807, 2.05) is 6.92 Å². The van der Waals surface area contributed by atoms with Crippen LogP contribution in [0.4, 0.5) is 14.5 Å². The fraction of sp³-hybridized carbons (Fsp3) is 0.400. The number of nitrogens with one attached hydrogen (secondary N) is 2. The molecule has 24 heavy (non-hydrogen) atoms. The number of halogens is 2. The van der Waals surface area contributed by atoms with Crippen LogP contribution in [0.2, 0.25) is 0 Å². The molecule has 0 fully saturated rings. The van der Waals surface area contributed by atoms with Crippen LogP contribution in [0.15, 0.2) is 28.2 Å². The first-order valence-corrected chi connectivity index (χ1v) is 8.38. The maximum atomic E-state index is 13.6. The molecule has 0 aliphatic heterocycles. The van der Waals surface area contributed by atoms with Gasteiger partial charge in [0.15, 0.2) is 5.16 Å². The number of unbranched alkanes of at least 4 members (excludes halogenated alkanes) is 1. The number of hydrogen-bond donors (Lipinski definition) is 2. The second-order valence-corrected chi connectivity index (χ2v) is 6.50. The van der Waals surface area contributed by atoms with Gasteiger partial charge in [0.05, 0.1) is 10.9 Å². The summed E-state index contributed by atoms with van der Waals surface area (Å²) >= 11 is 1.07. The largest absolute Gasteiger partial charge is 0.343 e. The zero-order valence-electron chi connectivity index (χ0n) is 13.3. The second-order valence-electron chi connectivity index (χ2n) is 5.19. The lowest BCUT2D eigenvalue weighted by molar-refractivity contribution is -0.115.